The maximum Gasteiger partial charge on any atom is 0.230 e. The molecule has 2 N–H and O–H groups in total. The summed E-state index contributed by atoms with van der Waals surface area (Å²) in [6, 6.07) is 13.4. The molecule has 0 aliphatic carbocycles. The summed E-state index contributed by atoms with van der Waals surface area (Å²) < 4.78 is 6.93. The van der Waals surface area contributed by atoms with Crippen LogP contribution >= 0.6 is 43.5 Å². The van der Waals surface area contributed by atoms with Gasteiger partial charge in [0.05, 0.1) is 10.6 Å². The summed E-state index contributed by atoms with van der Waals surface area (Å²) in [7, 11) is 0. The molecule has 106 valence electrons. The van der Waals surface area contributed by atoms with E-state index in [0.717, 1.165) is 25.6 Å². The average molecular weight is 429 g/mol. The minimum absolute atomic E-state index is 0.274. The van der Waals surface area contributed by atoms with Gasteiger partial charge in [-0.3, -0.25) is 0 Å². The Bertz CT molecular complexity index is 817. The van der Waals surface area contributed by atoms with E-state index in [9.17, 15) is 0 Å². The summed E-state index contributed by atoms with van der Waals surface area (Å²) in [6.45, 7) is 0. The van der Waals surface area contributed by atoms with Crippen LogP contribution in [0.5, 0.6) is 0 Å². The first kappa shape index (κ1) is 14.6. The standard InChI is InChI=1S/C15H9Br2ClN2O/c16-10-4-2-1-3-9(10)13-14(20-21-15(13)19)8-5-6-11(17)12(18)7-8/h1-7H,19H2. The van der Waals surface area contributed by atoms with Crippen molar-refractivity contribution in [2.45, 2.75) is 0 Å². The molecule has 0 bridgehead atoms. The van der Waals surface area contributed by atoms with E-state index >= 15 is 0 Å². The van der Waals surface area contributed by atoms with Gasteiger partial charge in [0.15, 0.2) is 0 Å². The Balaban J connectivity index is 2.22. The van der Waals surface area contributed by atoms with Gasteiger partial charge in [-0.1, -0.05) is 57.0 Å². The van der Waals surface area contributed by atoms with Gasteiger partial charge in [-0.25, -0.2) is 0 Å². The number of hydrogen-bond donors (Lipinski definition) is 1. The number of hydrogen-bond acceptors (Lipinski definition) is 3. The minimum Gasteiger partial charge on any atom is -0.367 e. The number of nitrogen functional groups attached to an aromatic ring is 1. The highest BCUT2D eigenvalue weighted by atomic mass is 79.9. The van der Waals surface area contributed by atoms with Crippen LogP contribution in [0, 0.1) is 0 Å². The van der Waals surface area contributed by atoms with Crippen LogP contribution in [0.15, 0.2) is 55.9 Å². The molecule has 0 unspecified atom stereocenters. The lowest BCUT2D eigenvalue weighted by Crippen LogP contribution is -1.89. The van der Waals surface area contributed by atoms with Gasteiger partial charge in [0.1, 0.15) is 5.69 Å². The lowest BCUT2D eigenvalue weighted by molar-refractivity contribution is 0.439. The summed E-state index contributed by atoms with van der Waals surface area (Å²) >= 11 is 13.1. The molecule has 0 fully saturated rings. The van der Waals surface area contributed by atoms with E-state index in [0.29, 0.717) is 10.7 Å². The van der Waals surface area contributed by atoms with E-state index in [1.807, 2.05) is 42.5 Å². The normalized spacial score (nSPS) is 10.8. The summed E-state index contributed by atoms with van der Waals surface area (Å²) in [5.41, 5.74) is 9.13. The SMILES string of the molecule is Nc1onc(-c2ccc(Br)c(Cl)c2)c1-c1ccccc1Br. The molecule has 0 atom stereocenters. The second kappa shape index (κ2) is 5.83. The van der Waals surface area contributed by atoms with E-state index in [4.69, 9.17) is 21.9 Å². The van der Waals surface area contributed by atoms with Gasteiger partial charge >= 0.3 is 0 Å². The molecule has 3 nitrogen and oxygen atoms in total. The monoisotopic (exact) mass is 426 g/mol. The van der Waals surface area contributed by atoms with E-state index in [2.05, 4.69) is 37.0 Å². The number of rotatable bonds is 2. The van der Waals surface area contributed by atoms with Crippen molar-refractivity contribution in [3.63, 3.8) is 0 Å². The summed E-state index contributed by atoms with van der Waals surface area (Å²) in [5.74, 6) is 0.274. The van der Waals surface area contributed by atoms with Gasteiger partial charge in [-0.05, 0) is 34.1 Å². The number of benzene rings is 2. The fourth-order valence-electron chi connectivity index (χ4n) is 2.07. The number of nitrogens with two attached hydrogens (primary N) is 1. The molecule has 6 heteroatoms. The third kappa shape index (κ3) is 2.73. The highest BCUT2D eigenvalue weighted by Crippen LogP contribution is 2.40. The van der Waals surface area contributed by atoms with Crippen LogP contribution < -0.4 is 5.73 Å². The van der Waals surface area contributed by atoms with Crippen molar-refractivity contribution in [3.8, 4) is 22.4 Å². The van der Waals surface area contributed by atoms with E-state index in [1.54, 1.807) is 0 Å². The van der Waals surface area contributed by atoms with Crippen LogP contribution in [-0.2, 0) is 0 Å². The zero-order valence-electron chi connectivity index (χ0n) is 10.6. The van der Waals surface area contributed by atoms with Crippen molar-refractivity contribution in [3.05, 3.63) is 56.4 Å². The number of aromatic nitrogens is 1. The van der Waals surface area contributed by atoms with Gasteiger partial charge in [0, 0.05) is 20.1 Å². The zero-order valence-corrected chi connectivity index (χ0v) is 14.5. The van der Waals surface area contributed by atoms with Crippen LogP contribution in [0.2, 0.25) is 5.02 Å². The second-order valence-corrected chi connectivity index (χ2v) is 6.50. The fourth-order valence-corrected chi connectivity index (χ4v) is 2.98. The molecule has 1 heterocycles. The second-order valence-electron chi connectivity index (χ2n) is 4.38. The van der Waals surface area contributed by atoms with E-state index < -0.39 is 0 Å². The van der Waals surface area contributed by atoms with Crippen LogP contribution in [0.1, 0.15) is 0 Å². The highest BCUT2D eigenvalue weighted by molar-refractivity contribution is 9.11. The topological polar surface area (TPSA) is 52.0 Å². The number of nitrogens with zero attached hydrogens (tertiary/aromatic N) is 1. The van der Waals surface area contributed by atoms with Crippen molar-refractivity contribution in [1.82, 2.24) is 5.16 Å². The molecule has 0 saturated carbocycles. The first-order valence-corrected chi connectivity index (χ1v) is 8.00. The van der Waals surface area contributed by atoms with Crippen LogP contribution in [0.25, 0.3) is 22.4 Å². The Labute approximate surface area is 143 Å². The van der Waals surface area contributed by atoms with E-state index in [-0.39, 0.29) is 5.88 Å². The smallest absolute Gasteiger partial charge is 0.230 e. The fraction of sp³-hybridized carbons (Fsp3) is 0. The molecule has 0 aliphatic rings. The lowest BCUT2D eigenvalue weighted by atomic mass is 10.0. The van der Waals surface area contributed by atoms with Crippen LogP contribution in [0.4, 0.5) is 5.88 Å². The summed E-state index contributed by atoms with van der Waals surface area (Å²) in [6.07, 6.45) is 0. The molecule has 0 saturated heterocycles. The Morgan fingerprint density at radius 3 is 2.52 bits per heavy atom. The quantitative estimate of drug-likeness (QED) is 0.564. The maximum atomic E-state index is 6.15. The molecule has 2 aromatic carbocycles. The molecule has 0 radical (unpaired) electrons. The molecular weight excluding hydrogens is 419 g/mol. The zero-order chi connectivity index (χ0) is 15.0. The first-order valence-electron chi connectivity index (χ1n) is 6.03. The lowest BCUT2D eigenvalue weighted by Gasteiger charge is -2.06. The third-order valence-corrected chi connectivity index (χ3v) is 4.98. The predicted molar refractivity (Wildman–Crippen MR) is 92.2 cm³/mol. The molecule has 3 rings (SSSR count). The minimum atomic E-state index is 0.274. The predicted octanol–water partition coefficient (Wildman–Crippen LogP) is 5.77. The molecule has 1 aromatic heterocycles. The molecular formula is C15H9Br2ClN2O. The Kier molecular flexibility index (Phi) is 4.06. The maximum absolute atomic E-state index is 6.15. The van der Waals surface area contributed by atoms with Gasteiger partial charge in [-0.2, -0.15) is 0 Å². The van der Waals surface area contributed by atoms with Gasteiger partial charge in [0.2, 0.25) is 5.88 Å². The first-order chi connectivity index (χ1) is 10.1. The van der Waals surface area contributed by atoms with Crippen molar-refractivity contribution in [1.29, 1.82) is 0 Å². The highest BCUT2D eigenvalue weighted by Gasteiger charge is 2.19. The number of halogens is 3. The summed E-state index contributed by atoms with van der Waals surface area (Å²) in [5, 5.41) is 4.68. The number of anilines is 1. The largest absolute Gasteiger partial charge is 0.367 e. The Morgan fingerprint density at radius 2 is 1.81 bits per heavy atom. The third-order valence-electron chi connectivity index (χ3n) is 3.05. The van der Waals surface area contributed by atoms with Gasteiger partial charge in [-0.15, -0.1) is 0 Å². The molecule has 0 aliphatic heterocycles. The van der Waals surface area contributed by atoms with Crippen molar-refractivity contribution < 1.29 is 4.52 Å². The van der Waals surface area contributed by atoms with Crippen molar-refractivity contribution in [2.24, 2.45) is 0 Å². The van der Waals surface area contributed by atoms with Gasteiger partial charge in [0.25, 0.3) is 0 Å². The molecule has 0 amide bonds. The summed E-state index contributed by atoms with van der Waals surface area (Å²) in [4.78, 5) is 0. The van der Waals surface area contributed by atoms with E-state index in [1.165, 1.54) is 0 Å². The Hall–Kier alpha value is -1.30. The van der Waals surface area contributed by atoms with Crippen molar-refractivity contribution >= 4 is 49.3 Å². The van der Waals surface area contributed by atoms with Crippen LogP contribution in [-0.4, -0.2) is 5.16 Å². The van der Waals surface area contributed by atoms with Crippen LogP contribution in [0.3, 0.4) is 0 Å². The molecule has 21 heavy (non-hydrogen) atoms. The average Bonchev–Trinajstić information content (AvgIpc) is 2.84. The van der Waals surface area contributed by atoms with Crippen molar-refractivity contribution in [2.75, 3.05) is 5.73 Å². The van der Waals surface area contributed by atoms with Gasteiger partial charge < -0.3 is 10.3 Å². The molecule has 0 spiro atoms. The Morgan fingerprint density at radius 1 is 1.05 bits per heavy atom. The molecule has 3 aromatic rings.